The van der Waals surface area contributed by atoms with Crippen molar-refractivity contribution in [2.45, 2.75) is 38.6 Å². The molecule has 0 aliphatic carbocycles. The normalized spacial score (nSPS) is 18.3. The molecule has 1 fully saturated rings. The molecular weight excluding hydrogens is 312 g/mol. The molecule has 5 heteroatoms. The Morgan fingerprint density at radius 3 is 2.84 bits per heavy atom. The first-order valence-electron chi connectivity index (χ1n) is 8.88. The fourth-order valence-corrected chi connectivity index (χ4v) is 3.62. The molecule has 1 atom stereocenters. The van der Waals surface area contributed by atoms with Gasteiger partial charge in [-0.25, -0.2) is 4.98 Å². The number of aryl methyl sites for hydroxylation is 1. The van der Waals surface area contributed by atoms with Gasteiger partial charge in [0.2, 0.25) is 0 Å². The number of amides is 1. The second-order valence-corrected chi connectivity index (χ2v) is 6.74. The largest absolute Gasteiger partial charge is 0.330 e. The zero-order valence-corrected chi connectivity index (χ0v) is 14.4. The standard InChI is InChI=1S/C20H22N4O/c1-15-8-12-23-14-17(22-19(23)13-15)20(25)24-11-4-2-3-5-18(24)16-6-9-21-10-7-16/h6-10,12-14,18H,2-5,11H2,1H3/t18-/m0/s1. The van der Waals surface area contributed by atoms with Crippen molar-refractivity contribution in [2.75, 3.05) is 6.54 Å². The van der Waals surface area contributed by atoms with E-state index in [1.165, 1.54) is 0 Å². The minimum Gasteiger partial charge on any atom is -0.330 e. The van der Waals surface area contributed by atoms with Gasteiger partial charge < -0.3 is 9.30 Å². The topological polar surface area (TPSA) is 50.5 Å². The van der Waals surface area contributed by atoms with Crippen LogP contribution in [-0.2, 0) is 0 Å². The molecule has 128 valence electrons. The van der Waals surface area contributed by atoms with Gasteiger partial charge in [0.15, 0.2) is 0 Å². The lowest BCUT2D eigenvalue weighted by atomic mass is 10.0. The molecular formula is C20H22N4O. The van der Waals surface area contributed by atoms with Gasteiger partial charge in [-0.05, 0) is 55.2 Å². The van der Waals surface area contributed by atoms with E-state index in [0.717, 1.165) is 49.0 Å². The monoisotopic (exact) mass is 334 g/mol. The van der Waals surface area contributed by atoms with E-state index in [-0.39, 0.29) is 11.9 Å². The summed E-state index contributed by atoms with van der Waals surface area (Å²) in [6.45, 7) is 2.81. The Morgan fingerprint density at radius 1 is 1.16 bits per heavy atom. The Morgan fingerprint density at radius 2 is 2.00 bits per heavy atom. The van der Waals surface area contributed by atoms with Crippen LogP contribution in [0, 0.1) is 6.92 Å². The summed E-state index contributed by atoms with van der Waals surface area (Å²) in [6, 6.07) is 8.16. The smallest absolute Gasteiger partial charge is 0.274 e. The van der Waals surface area contributed by atoms with Crippen LogP contribution in [-0.4, -0.2) is 31.7 Å². The van der Waals surface area contributed by atoms with Crippen LogP contribution in [0.5, 0.6) is 0 Å². The minimum absolute atomic E-state index is 0.0186. The van der Waals surface area contributed by atoms with Crippen molar-refractivity contribution in [3.8, 4) is 0 Å². The summed E-state index contributed by atoms with van der Waals surface area (Å²) in [5.74, 6) is 0.0186. The summed E-state index contributed by atoms with van der Waals surface area (Å²) >= 11 is 0. The molecule has 3 aromatic rings. The van der Waals surface area contributed by atoms with Crippen molar-refractivity contribution in [2.24, 2.45) is 0 Å². The molecule has 0 N–H and O–H groups in total. The minimum atomic E-state index is 0.0186. The first kappa shape index (κ1) is 15.8. The van der Waals surface area contributed by atoms with E-state index in [1.807, 2.05) is 52.9 Å². The summed E-state index contributed by atoms with van der Waals surface area (Å²) in [5, 5.41) is 0. The van der Waals surface area contributed by atoms with Gasteiger partial charge >= 0.3 is 0 Å². The molecule has 3 aromatic heterocycles. The van der Waals surface area contributed by atoms with Gasteiger partial charge in [-0.3, -0.25) is 9.78 Å². The molecule has 0 radical (unpaired) electrons. The third kappa shape index (κ3) is 3.14. The Labute approximate surface area is 147 Å². The van der Waals surface area contributed by atoms with Crippen molar-refractivity contribution < 1.29 is 4.79 Å². The fraction of sp³-hybridized carbons (Fsp3) is 0.350. The highest BCUT2D eigenvalue weighted by atomic mass is 16.2. The average molecular weight is 334 g/mol. The number of hydrogen-bond acceptors (Lipinski definition) is 3. The van der Waals surface area contributed by atoms with Gasteiger partial charge in [-0.1, -0.05) is 12.8 Å². The third-order valence-corrected chi connectivity index (χ3v) is 4.94. The number of hydrogen-bond donors (Lipinski definition) is 0. The van der Waals surface area contributed by atoms with Crippen molar-refractivity contribution in [1.82, 2.24) is 19.3 Å². The summed E-state index contributed by atoms with van der Waals surface area (Å²) in [7, 11) is 0. The maximum Gasteiger partial charge on any atom is 0.274 e. The fourth-order valence-electron chi connectivity index (χ4n) is 3.62. The first-order valence-corrected chi connectivity index (χ1v) is 8.88. The Balaban J connectivity index is 1.69. The summed E-state index contributed by atoms with van der Waals surface area (Å²) in [4.78, 5) is 23.9. The average Bonchev–Trinajstić information content (AvgIpc) is 2.90. The van der Waals surface area contributed by atoms with Crippen molar-refractivity contribution >= 4 is 11.6 Å². The molecule has 4 heterocycles. The van der Waals surface area contributed by atoms with Crippen molar-refractivity contribution in [3.05, 3.63) is 65.9 Å². The molecule has 1 saturated heterocycles. The van der Waals surface area contributed by atoms with Crippen LogP contribution in [0.4, 0.5) is 0 Å². The van der Waals surface area contributed by atoms with Gasteiger partial charge in [0.1, 0.15) is 11.3 Å². The van der Waals surface area contributed by atoms with Gasteiger partial charge in [0, 0.05) is 31.3 Å². The highest BCUT2D eigenvalue weighted by molar-refractivity contribution is 5.93. The first-order chi connectivity index (χ1) is 12.2. The van der Waals surface area contributed by atoms with E-state index >= 15 is 0 Å². The molecule has 1 amide bonds. The molecule has 5 nitrogen and oxygen atoms in total. The van der Waals surface area contributed by atoms with E-state index < -0.39 is 0 Å². The summed E-state index contributed by atoms with van der Waals surface area (Å²) < 4.78 is 1.92. The SMILES string of the molecule is Cc1ccn2cc(C(=O)N3CCCCC[C@H]3c3ccncc3)nc2c1. The quantitative estimate of drug-likeness (QED) is 0.716. The lowest BCUT2D eigenvalue weighted by Gasteiger charge is -2.29. The van der Waals surface area contributed by atoms with Crippen LogP contribution >= 0.6 is 0 Å². The number of fused-ring (bicyclic) bond motifs is 1. The molecule has 0 aromatic carbocycles. The van der Waals surface area contributed by atoms with Gasteiger partial charge in [-0.2, -0.15) is 0 Å². The van der Waals surface area contributed by atoms with E-state index in [2.05, 4.69) is 9.97 Å². The van der Waals surface area contributed by atoms with Crippen LogP contribution in [0.2, 0.25) is 0 Å². The van der Waals surface area contributed by atoms with Gasteiger partial charge in [0.25, 0.3) is 5.91 Å². The number of imidazole rings is 1. The predicted molar refractivity (Wildman–Crippen MR) is 96.4 cm³/mol. The van der Waals surface area contributed by atoms with Crippen LogP contribution in [0.1, 0.15) is 53.3 Å². The van der Waals surface area contributed by atoms with Crippen LogP contribution in [0.25, 0.3) is 5.65 Å². The van der Waals surface area contributed by atoms with Crippen LogP contribution in [0.15, 0.2) is 49.1 Å². The lowest BCUT2D eigenvalue weighted by Crippen LogP contribution is -2.35. The van der Waals surface area contributed by atoms with E-state index in [1.54, 1.807) is 12.4 Å². The highest BCUT2D eigenvalue weighted by Crippen LogP contribution is 2.31. The molecule has 4 rings (SSSR count). The summed E-state index contributed by atoms with van der Waals surface area (Å²) in [6.07, 6.45) is 11.7. The van der Waals surface area contributed by atoms with E-state index in [9.17, 15) is 4.79 Å². The van der Waals surface area contributed by atoms with Crippen LogP contribution < -0.4 is 0 Å². The number of rotatable bonds is 2. The second kappa shape index (κ2) is 6.67. The number of likely N-dealkylation sites (tertiary alicyclic amines) is 1. The van der Waals surface area contributed by atoms with E-state index in [4.69, 9.17) is 0 Å². The highest BCUT2D eigenvalue weighted by Gasteiger charge is 2.28. The summed E-state index contributed by atoms with van der Waals surface area (Å²) in [5.41, 5.74) is 3.64. The number of nitrogens with zero attached hydrogens (tertiary/aromatic N) is 4. The second-order valence-electron chi connectivity index (χ2n) is 6.74. The number of aromatic nitrogens is 3. The van der Waals surface area contributed by atoms with Crippen molar-refractivity contribution in [1.29, 1.82) is 0 Å². The number of carbonyl (C=O) groups excluding carboxylic acids is 1. The van der Waals surface area contributed by atoms with Crippen LogP contribution in [0.3, 0.4) is 0 Å². The molecule has 0 unspecified atom stereocenters. The molecule has 1 aliphatic heterocycles. The predicted octanol–water partition coefficient (Wildman–Crippen LogP) is 3.80. The molecule has 1 aliphatic rings. The van der Waals surface area contributed by atoms with Gasteiger partial charge in [0.05, 0.1) is 6.04 Å². The number of carbonyl (C=O) groups is 1. The molecule has 0 saturated carbocycles. The maximum atomic E-state index is 13.2. The third-order valence-electron chi connectivity index (χ3n) is 4.94. The molecule has 0 bridgehead atoms. The van der Waals surface area contributed by atoms with E-state index in [0.29, 0.717) is 5.69 Å². The Hall–Kier alpha value is -2.69. The van der Waals surface area contributed by atoms with Gasteiger partial charge in [-0.15, -0.1) is 0 Å². The molecule has 0 spiro atoms. The van der Waals surface area contributed by atoms with Crippen molar-refractivity contribution in [3.63, 3.8) is 0 Å². The Bertz CT molecular complexity index is 887. The zero-order valence-electron chi connectivity index (χ0n) is 14.4. The molecule has 25 heavy (non-hydrogen) atoms. The Kier molecular flexibility index (Phi) is 4.22. The lowest BCUT2D eigenvalue weighted by molar-refractivity contribution is 0.0675. The maximum absolute atomic E-state index is 13.2. The zero-order chi connectivity index (χ0) is 17.2. The number of pyridine rings is 2.